The lowest BCUT2D eigenvalue weighted by Crippen LogP contribution is -2.46. The van der Waals surface area contributed by atoms with Crippen LogP contribution in [0.1, 0.15) is 29.8 Å². The van der Waals surface area contributed by atoms with Gasteiger partial charge < -0.3 is 18.9 Å². The number of anilines is 1. The number of nitrogens with zero attached hydrogens (tertiary/aromatic N) is 4. The first-order chi connectivity index (χ1) is 19.0. The number of ether oxygens (including phenoxy) is 2. The van der Waals surface area contributed by atoms with Gasteiger partial charge in [0.05, 0.1) is 18.0 Å². The Hall–Kier alpha value is -3.48. The van der Waals surface area contributed by atoms with E-state index in [4.69, 9.17) is 9.47 Å². The number of sulfonamides is 1. The summed E-state index contributed by atoms with van der Waals surface area (Å²) in [5, 5.41) is -0.133. The SMILES string of the molecule is CO[C@H]1CN(C)C(=O)c2cc(NS(=O)(=O)c3cn(C)cn3)ccc2OC[C@@H](C)N(Cc2cccc(F)c2)C[C@@H]1C. The van der Waals surface area contributed by atoms with Crippen molar-refractivity contribution in [2.45, 2.75) is 37.6 Å². The number of halogens is 1. The molecule has 0 bridgehead atoms. The average molecular weight is 574 g/mol. The molecule has 1 amide bonds. The minimum Gasteiger partial charge on any atom is -0.491 e. The van der Waals surface area contributed by atoms with Crippen molar-refractivity contribution in [1.82, 2.24) is 19.4 Å². The van der Waals surface area contributed by atoms with Crippen molar-refractivity contribution in [1.29, 1.82) is 0 Å². The van der Waals surface area contributed by atoms with Crippen molar-refractivity contribution >= 4 is 21.6 Å². The van der Waals surface area contributed by atoms with E-state index in [-0.39, 0.29) is 52.7 Å². The summed E-state index contributed by atoms with van der Waals surface area (Å²) in [6, 6.07) is 11.0. The first-order valence-electron chi connectivity index (χ1n) is 13.0. The van der Waals surface area contributed by atoms with Gasteiger partial charge >= 0.3 is 0 Å². The number of carbonyl (C=O) groups excluding carboxylic acids is 1. The van der Waals surface area contributed by atoms with Gasteiger partial charge in [0.1, 0.15) is 18.2 Å². The third kappa shape index (κ3) is 6.98. The van der Waals surface area contributed by atoms with Gasteiger partial charge in [-0.25, -0.2) is 9.37 Å². The van der Waals surface area contributed by atoms with Crippen LogP contribution in [0.25, 0.3) is 0 Å². The number of methoxy groups -OCH3 is 1. The molecule has 0 saturated carbocycles. The van der Waals surface area contributed by atoms with Crippen molar-refractivity contribution < 1.29 is 27.1 Å². The summed E-state index contributed by atoms with van der Waals surface area (Å²) in [5.41, 5.74) is 1.27. The highest BCUT2D eigenvalue weighted by atomic mass is 32.2. The average Bonchev–Trinajstić information content (AvgIpc) is 3.36. The van der Waals surface area contributed by atoms with E-state index in [0.717, 1.165) is 5.56 Å². The summed E-state index contributed by atoms with van der Waals surface area (Å²) in [5.74, 6) is -0.250. The Balaban J connectivity index is 1.65. The zero-order chi connectivity index (χ0) is 29.0. The fraction of sp³-hybridized carbons (Fsp3) is 0.429. The molecule has 0 fully saturated rings. The summed E-state index contributed by atoms with van der Waals surface area (Å²) >= 11 is 0. The van der Waals surface area contributed by atoms with Gasteiger partial charge in [-0.1, -0.05) is 19.1 Å². The van der Waals surface area contributed by atoms with Crippen LogP contribution in [-0.4, -0.2) is 79.7 Å². The van der Waals surface area contributed by atoms with Gasteiger partial charge in [0.15, 0.2) is 5.03 Å². The predicted molar refractivity (Wildman–Crippen MR) is 149 cm³/mol. The van der Waals surface area contributed by atoms with Gasteiger partial charge in [0.2, 0.25) is 0 Å². The normalized spacial score (nSPS) is 21.2. The molecule has 0 saturated heterocycles. The molecular weight excluding hydrogens is 537 g/mol. The first kappa shape index (κ1) is 29.5. The largest absolute Gasteiger partial charge is 0.491 e. The number of carbonyl (C=O) groups is 1. The zero-order valence-electron chi connectivity index (χ0n) is 23.4. The number of amides is 1. The third-order valence-corrected chi connectivity index (χ3v) is 8.32. The van der Waals surface area contributed by atoms with Crippen LogP contribution in [0.5, 0.6) is 5.75 Å². The number of rotatable bonds is 6. The molecule has 2 heterocycles. The molecule has 3 aromatic rings. The highest BCUT2D eigenvalue weighted by molar-refractivity contribution is 7.92. The van der Waals surface area contributed by atoms with Crippen molar-refractivity contribution in [3.8, 4) is 5.75 Å². The topological polar surface area (TPSA) is 106 Å². The van der Waals surface area contributed by atoms with Crippen LogP contribution >= 0.6 is 0 Å². The lowest BCUT2D eigenvalue weighted by Gasteiger charge is -2.36. The molecule has 0 spiro atoms. The third-order valence-electron chi connectivity index (χ3n) is 7.06. The number of hydrogen-bond donors (Lipinski definition) is 1. The number of imidazole rings is 1. The number of fused-ring (bicyclic) bond motifs is 1. The summed E-state index contributed by atoms with van der Waals surface area (Å²) in [7, 11) is 1.01. The predicted octanol–water partition coefficient (Wildman–Crippen LogP) is 3.37. The van der Waals surface area contributed by atoms with E-state index in [1.807, 2.05) is 13.0 Å². The molecule has 0 radical (unpaired) electrons. The number of hydrogen-bond acceptors (Lipinski definition) is 7. The summed E-state index contributed by atoms with van der Waals surface area (Å²) in [6.45, 7) is 5.79. The van der Waals surface area contributed by atoms with E-state index in [1.165, 1.54) is 35.3 Å². The summed E-state index contributed by atoms with van der Waals surface area (Å²) in [6.07, 6.45) is 2.51. The van der Waals surface area contributed by atoms with Crippen LogP contribution < -0.4 is 9.46 Å². The fourth-order valence-electron chi connectivity index (χ4n) is 4.74. The number of benzene rings is 2. The van der Waals surface area contributed by atoms with E-state index in [0.29, 0.717) is 25.4 Å². The second kappa shape index (κ2) is 12.4. The van der Waals surface area contributed by atoms with Gasteiger partial charge in [-0.2, -0.15) is 8.42 Å². The summed E-state index contributed by atoms with van der Waals surface area (Å²) < 4.78 is 55.6. The molecule has 1 aliphatic heterocycles. The molecule has 4 rings (SSSR count). The molecular formula is C28H36FN5O5S. The smallest absolute Gasteiger partial charge is 0.280 e. The van der Waals surface area contributed by atoms with Gasteiger partial charge in [-0.05, 0) is 48.7 Å². The molecule has 10 nitrogen and oxygen atoms in total. The van der Waals surface area contributed by atoms with Gasteiger partial charge in [0.25, 0.3) is 15.9 Å². The highest BCUT2D eigenvalue weighted by Gasteiger charge is 2.29. The van der Waals surface area contributed by atoms with E-state index in [1.54, 1.807) is 44.3 Å². The molecule has 40 heavy (non-hydrogen) atoms. The van der Waals surface area contributed by atoms with Gasteiger partial charge in [-0.3, -0.25) is 14.4 Å². The van der Waals surface area contributed by atoms with Crippen molar-refractivity contribution in [3.05, 3.63) is 71.9 Å². The minimum absolute atomic E-state index is 0.0340. The quantitative estimate of drug-likeness (QED) is 0.482. The lowest BCUT2D eigenvalue weighted by atomic mass is 10.0. The van der Waals surface area contributed by atoms with Crippen LogP contribution in [0, 0.1) is 11.7 Å². The first-order valence-corrected chi connectivity index (χ1v) is 14.5. The molecule has 1 N–H and O–H groups in total. The molecule has 216 valence electrons. The van der Waals surface area contributed by atoms with Crippen LogP contribution in [0.4, 0.5) is 10.1 Å². The standard InChI is InChI=1S/C28H36FN5O5S/c1-19-13-34(14-21-7-6-8-22(29)11-21)20(2)17-39-25-10-9-23(31-40(36,37)27-16-32(3)18-30-27)12-24(25)28(35)33(4)15-26(19)38-5/h6-12,16,18-20,26,31H,13-15,17H2,1-5H3/t19-,20+,26-/m0/s1. The molecule has 3 atom stereocenters. The lowest BCUT2D eigenvalue weighted by molar-refractivity contribution is 0.00920. The second-order valence-electron chi connectivity index (χ2n) is 10.4. The summed E-state index contributed by atoms with van der Waals surface area (Å²) in [4.78, 5) is 21.3. The number of aryl methyl sites for hydroxylation is 1. The molecule has 0 unspecified atom stereocenters. The Morgan fingerprint density at radius 3 is 2.60 bits per heavy atom. The Kier molecular flexibility index (Phi) is 9.12. The maximum atomic E-state index is 13.9. The zero-order valence-corrected chi connectivity index (χ0v) is 24.2. The second-order valence-corrected chi connectivity index (χ2v) is 12.0. The van der Waals surface area contributed by atoms with E-state index < -0.39 is 10.0 Å². The molecule has 12 heteroatoms. The van der Waals surface area contributed by atoms with E-state index in [2.05, 4.69) is 21.5 Å². The van der Waals surface area contributed by atoms with Crippen molar-refractivity contribution in [2.75, 3.05) is 38.6 Å². The molecule has 1 aliphatic rings. The van der Waals surface area contributed by atoms with Crippen molar-refractivity contribution in [2.24, 2.45) is 13.0 Å². The maximum absolute atomic E-state index is 13.9. The molecule has 2 aromatic carbocycles. The van der Waals surface area contributed by atoms with Gasteiger partial charge in [-0.15, -0.1) is 0 Å². The van der Waals surface area contributed by atoms with Crippen LogP contribution in [0.2, 0.25) is 0 Å². The van der Waals surface area contributed by atoms with Crippen LogP contribution in [0.15, 0.2) is 60.0 Å². The Morgan fingerprint density at radius 2 is 1.93 bits per heavy atom. The Morgan fingerprint density at radius 1 is 1.15 bits per heavy atom. The Bertz CT molecular complexity index is 1450. The fourth-order valence-corrected chi connectivity index (χ4v) is 5.77. The van der Waals surface area contributed by atoms with E-state index in [9.17, 15) is 17.6 Å². The van der Waals surface area contributed by atoms with Crippen LogP contribution in [-0.2, 0) is 28.4 Å². The van der Waals surface area contributed by atoms with E-state index >= 15 is 0 Å². The highest BCUT2D eigenvalue weighted by Crippen LogP contribution is 2.28. The molecule has 0 aliphatic carbocycles. The minimum atomic E-state index is -3.96. The number of aromatic nitrogens is 2. The van der Waals surface area contributed by atoms with Crippen LogP contribution in [0.3, 0.4) is 0 Å². The van der Waals surface area contributed by atoms with Gasteiger partial charge in [0, 0.05) is 58.8 Å². The maximum Gasteiger partial charge on any atom is 0.280 e. The van der Waals surface area contributed by atoms with Crippen molar-refractivity contribution in [3.63, 3.8) is 0 Å². The number of nitrogens with one attached hydrogen (secondary N) is 1. The molecule has 1 aromatic heterocycles. The number of likely N-dealkylation sites (N-methyl/N-ethyl adjacent to an activating group) is 1. The Labute approximate surface area is 234 Å². The monoisotopic (exact) mass is 573 g/mol.